The molecule has 0 aliphatic rings. The van der Waals surface area contributed by atoms with E-state index in [2.05, 4.69) is 6.92 Å². The number of benzene rings is 1. The molecule has 13 heavy (non-hydrogen) atoms. The first kappa shape index (κ1) is 10.1. The van der Waals surface area contributed by atoms with Crippen molar-refractivity contribution in [2.45, 2.75) is 20.3 Å². The average Bonchev–Trinajstić information content (AvgIpc) is 2.13. The van der Waals surface area contributed by atoms with Crippen LogP contribution in [0.1, 0.15) is 25.8 Å². The number of hydrogen-bond donors (Lipinski definition) is 1. The Hall–Kier alpha value is -0.950. The highest BCUT2D eigenvalue weighted by atomic mass is 35.5. The number of hydrogen-bond acceptors (Lipinski definition) is 1. The van der Waals surface area contributed by atoms with Gasteiger partial charge in [-0.1, -0.05) is 42.3 Å². The zero-order valence-electron chi connectivity index (χ0n) is 7.84. The molecule has 0 atom stereocenters. The van der Waals surface area contributed by atoms with E-state index in [1.54, 1.807) is 6.07 Å². The van der Waals surface area contributed by atoms with Gasteiger partial charge in [0, 0.05) is 5.56 Å². The molecule has 2 heteroatoms. The number of para-hydroxylation sites is 1. The van der Waals surface area contributed by atoms with Crippen LogP contribution in [0.2, 0.25) is 5.02 Å². The van der Waals surface area contributed by atoms with Crippen molar-refractivity contribution in [2.24, 2.45) is 0 Å². The molecular weight excluding hydrogens is 184 g/mol. The number of aromatic hydroxyl groups is 1. The van der Waals surface area contributed by atoms with Crippen LogP contribution in [0.5, 0.6) is 5.75 Å². The summed E-state index contributed by atoms with van der Waals surface area (Å²) in [5.41, 5.74) is 2.00. The first-order valence-electron chi connectivity index (χ1n) is 4.29. The van der Waals surface area contributed by atoms with Gasteiger partial charge in [0.05, 0.1) is 5.02 Å². The highest BCUT2D eigenvalue weighted by Crippen LogP contribution is 2.28. The van der Waals surface area contributed by atoms with Crippen molar-refractivity contribution < 1.29 is 5.11 Å². The molecule has 0 spiro atoms. The second-order valence-electron chi connectivity index (χ2n) is 3.02. The lowest BCUT2D eigenvalue weighted by atomic mass is 10.1. The van der Waals surface area contributed by atoms with E-state index < -0.39 is 0 Å². The first-order valence-corrected chi connectivity index (χ1v) is 4.67. The zero-order chi connectivity index (χ0) is 9.84. The van der Waals surface area contributed by atoms with Crippen molar-refractivity contribution >= 4 is 17.7 Å². The van der Waals surface area contributed by atoms with Gasteiger partial charge in [0.15, 0.2) is 0 Å². The summed E-state index contributed by atoms with van der Waals surface area (Å²) in [6, 6.07) is 5.35. The Labute approximate surface area is 83.7 Å². The maximum Gasteiger partial charge on any atom is 0.141 e. The number of rotatable bonds is 2. The quantitative estimate of drug-likeness (QED) is 0.762. The van der Waals surface area contributed by atoms with E-state index in [-0.39, 0.29) is 5.75 Å². The van der Waals surface area contributed by atoms with Crippen molar-refractivity contribution in [3.8, 4) is 5.75 Å². The van der Waals surface area contributed by atoms with E-state index in [9.17, 15) is 5.11 Å². The summed E-state index contributed by atoms with van der Waals surface area (Å²) >= 11 is 5.76. The van der Waals surface area contributed by atoms with Crippen LogP contribution < -0.4 is 0 Å². The molecule has 0 aliphatic carbocycles. The first-order chi connectivity index (χ1) is 6.15. The third-order valence-electron chi connectivity index (χ3n) is 1.98. The molecule has 0 fully saturated rings. The van der Waals surface area contributed by atoms with Gasteiger partial charge in [-0.05, 0) is 19.4 Å². The number of phenolic OH excluding ortho intramolecular Hbond substituents is 1. The molecule has 0 radical (unpaired) electrons. The van der Waals surface area contributed by atoms with E-state index in [4.69, 9.17) is 11.6 Å². The average molecular weight is 197 g/mol. The summed E-state index contributed by atoms with van der Waals surface area (Å²) in [6.07, 6.45) is 2.92. The van der Waals surface area contributed by atoms with E-state index in [1.165, 1.54) is 5.57 Å². The molecule has 1 aromatic carbocycles. The number of allylic oxidation sites excluding steroid dienone is 1. The summed E-state index contributed by atoms with van der Waals surface area (Å²) in [5, 5.41) is 9.97. The van der Waals surface area contributed by atoms with Gasteiger partial charge in [0.1, 0.15) is 5.75 Å². The Kier molecular flexibility index (Phi) is 3.38. The Bertz CT molecular complexity index is 329. The number of phenols is 1. The van der Waals surface area contributed by atoms with Crippen LogP contribution in [0.25, 0.3) is 6.08 Å². The molecule has 1 rings (SSSR count). The molecule has 0 amide bonds. The normalized spacial score (nSPS) is 11.8. The maximum absolute atomic E-state index is 9.57. The van der Waals surface area contributed by atoms with Gasteiger partial charge < -0.3 is 5.11 Å². The van der Waals surface area contributed by atoms with Gasteiger partial charge in [0.25, 0.3) is 0 Å². The van der Waals surface area contributed by atoms with Gasteiger partial charge in [-0.15, -0.1) is 0 Å². The second kappa shape index (κ2) is 4.33. The molecule has 0 saturated heterocycles. The second-order valence-corrected chi connectivity index (χ2v) is 3.43. The molecule has 0 saturated carbocycles. The topological polar surface area (TPSA) is 20.2 Å². The van der Waals surface area contributed by atoms with Crippen molar-refractivity contribution in [2.75, 3.05) is 0 Å². The van der Waals surface area contributed by atoms with Gasteiger partial charge >= 0.3 is 0 Å². The van der Waals surface area contributed by atoms with E-state index in [0.29, 0.717) is 5.02 Å². The predicted molar refractivity (Wildman–Crippen MR) is 57.1 cm³/mol. The molecular formula is C11H13ClO. The molecule has 1 aromatic rings. The molecule has 1 N–H and O–H groups in total. The molecule has 70 valence electrons. The SMILES string of the molecule is CCC(C)=Cc1cccc(Cl)c1O. The van der Waals surface area contributed by atoms with Crippen LogP contribution in [0.15, 0.2) is 23.8 Å². The highest BCUT2D eigenvalue weighted by Gasteiger charge is 2.01. The largest absolute Gasteiger partial charge is 0.506 e. The van der Waals surface area contributed by atoms with Crippen molar-refractivity contribution in [1.82, 2.24) is 0 Å². The summed E-state index contributed by atoms with van der Waals surface area (Å²) in [6.45, 7) is 4.10. The Morgan fingerprint density at radius 2 is 2.23 bits per heavy atom. The summed E-state index contributed by atoms with van der Waals surface area (Å²) < 4.78 is 0. The monoisotopic (exact) mass is 196 g/mol. The minimum atomic E-state index is 0.164. The zero-order valence-corrected chi connectivity index (χ0v) is 8.60. The predicted octanol–water partition coefficient (Wildman–Crippen LogP) is 3.86. The maximum atomic E-state index is 9.57. The van der Waals surface area contributed by atoms with Gasteiger partial charge in [-0.3, -0.25) is 0 Å². The molecule has 0 unspecified atom stereocenters. The Morgan fingerprint density at radius 3 is 2.85 bits per heavy atom. The van der Waals surface area contributed by atoms with E-state index >= 15 is 0 Å². The summed E-state index contributed by atoms with van der Waals surface area (Å²) in [7, 11) is 0. The standard InChI is InChI=1S/C11H13ClO/c1-3-8(2)7-9-5-4-6-10(12)11(9)13/h4-7,13H,3H2,1-2H3. The smallest absolute Gasteiger partial charge is 0.141 e. The molecule has 0 aromatic heterocycles. The van der Waals surface area contributed by atoms with Gasteiger partial charge in [0.2, 0.25) is 0 Å². The summed E-state index contributed by atoms with van der Waals surface area (Å²) in [5.74, 6) is 0.164. The van der Waals surface area contributed by atoms with E-state index in [0.717, 1.165) is 12.0 Å². The van der Waals surface area contributed by atoms with Gasteiger partial charge in [-0.2, -0.15) is 0 Å². The van der Waals surface area contributed by atoms with Crippen LogP contribution in [0.4, 0.5) is 0 Å². The molecule has 0 heterocycles. The van der Waals surface area contributed by atoms with Crippen LogP contribution in [-0.2, 0) is 0 Å². The lowest BCUT2D eigenvalue weighted by Crippen LogP contribution is -1.78. The lowest BCUT2D eigenvalue weighted by Gasteiger charge is -2.02. The Balaban J connectivity index is 3.09. The Morgan fingerprint density at radius 1 is 1.54 bits per heavy atom. The van der Waals surface area contributed by atoms with Crippen LogP contribution in [0, 0.1) is 0 Å². The molecule has 0 aliphatic heterocycles. The third-order valence-corrected chi connectivity index (χ3v) is 2.28. The molecule has 1 nitrogen and oxygen atoms in total. The van der Waals surface area contributed by atoms with Gasteiger partial charge in [-0.25, -0.2) is 0 Å². The highest BCUT2D eigenvalue weighted by molar-refractivity contribution is 6.32. The summed E-state index contributed by atoms with van der Waals surface area (Å²) in [4.78, 5) is 0. The van der Waals surface area contributed by atoms with Crippen molar-refractivity contribution in [3.05, 3.63) is 34.4 Å². The lowest BCUT2D eigenvalue weighted by molar-refractivity contribution is 0.474. The fraction of sp³-hybridized carbons (Fsp3) is 0.273. The van der Waals surface area contributed by atoms with Crippen LogP contribution >= 0.6 is 11.6 Å². The fourth-order valence-electron chi connectivity index (χ4n) is 1.02. The third kappa shape index (κ3) is 2.49. The number of halogens is 1. The van der Waals surface area contributed by atoms with Crippen LogP contribution in [0.3, 0.4) is 0 Å². The molecule has 0 bridgehead atoms. The van der Waals surface area contributed by atoms with E-state index in [1.807, 2.05) is 25.1 Å². The van der Waals surface area contributed by atoms with Crippen molar-refractivity contribution in [3.63, 3.8) is 0 Å². The minimum Gasteiger partial charge on any atom is -0.506 e. The minimum absolute atomic E-state index is 0.164. The van der Waals surface area contributed by atoms with Crippen LogP contribution in [-0.4, -0.2) is 5.11 Å². The fourth-order valence-corrected chi connectivity index (χ4v) is 1.20. The van der Waals surface area contributed by atoms with Crippen molar-refractivity contribution in [1.29, 1.82) is 0 Å².